The Hall–Kier alpha value is -1.63. The summed E-state index contributed by atoms with van der Waals surface area (Å²) in [4.78, 5) is 27.0. The molecule has 1 aromatic rings. The summed E-state index contributed by atoms with van der Waals surface area (Å²) >= 11 is 5.15. The maximum absolute atomic E-state index is 11.6. The van der Waals surface area contributed by atoms with E-state index in [1.807, 2.05) is 4.57 Å². The largest absolute Gasteiger partial charge is 0.450 e. The monoisotopic (exact) mass is 283 g/mol. The molecule has 0 bridgehead atoms. The van der Waals surface area contributed by atoms with Crippen molar-refractivity contribution >= 4 is 18.3 Å². The normalized spacial score (nSPS) is 16.4. The predicted molar refractivity (Wildman–Crippen MR) is 72.8 cm³/mol. The summed E-state index contributed by atoms with van der Waals surface area (Å²) in [6.07, 6.45) is 3.07. The zero-order chi connectivity index (χ0) is 13.8. The van der Waals surface area contributed by atoms with E-state index in [4.69, 9.17) is 17.0 Å². The number of hydrogen-bond acceptors (Lipinski definition) is 4. The van der Waals surface area contributed by atoms with Crippen molar-refractivity contribution in [1.82, 2.24) is 14.5 Å². The van der Waals surface area contributed by atoms with E-state index < -0.39 is 0 Å². The topological polar surface area (TPSA) is 67.3 Å². The molecule has 0 unspecified atom stereocenters. The summed E-state index contributed by atoms with van der Waals surface area (Å²) in [6, 6.07) is 1.68. The van der Waals surface area contributed by atoms with Crippen molar-refractivity contribution < 1.29 is 9.53 Å². The summed E-state index contributed by atoms with van der Waals surface area (Å²) < 4.78 is 7.29. The highest BCUT2D eigenvalue weighted by molar-refractivity contribution is 7.71. The van der Waals surface area contributed by atoms with Gasteiger partial charge in [-0.2, -0.15) is 0 Å². The predicted octanol–water partition coefficient (Wildman–Crippen LogP) is 1.70. The molecule has 1 saturated heterocycles. The van der Waals surface area contributed by atoms with Gasteiger partial charge in [0.1, 0.15) is 0 Å². The van der Waals surface area contributed by atoms with Crippen LogP contribution in [-0.2, 0) is 4.74 Å². The van der Waals surface area contributed by atoms with Gasteiger partial charge in [-0.15, -0.1) is 0 Å². The Labute approximate surface area is 116 Å². The molecular formula is C12H17N3O3S. The van der Waals surface area contributed by atoms with E-state index in [2.05, 4.69) is 4.98 Å². The van der Waals surface area contributed by atoms with Crippen molar-refractivity contribution in [1.29, 1.82) is 0 Å². The number of amides is 1. The molecule has 1 N–H and O–H groups in total. The second-order valence-corrected chi connectivity index (χ2v) is 4.82. The third-order valence-corrected chi connectivity index (χ3v) is 3.55. The van der Waals surface area contributed by atoms with E-state index in [-0.39, 0.29) is 17.7 Å². The average molecular weight is 283 g/mol. The van der Waals surface area contributed by atoms with Crippen LogP contribution in [0.25, 0.3) is 0 Å². The summed E-state index contributed by atoms with van der Waals surface area (Å²) in [5.74, 6) is 0. The molecule has 0 aromatic carbocycles. The fraction of sp³-hybridized carbons (Fsp3) is 0.583. The Morgan fingerprint density at radius 3 is 2.79 bits per heavy atom. The molecular weight excluding hydrogens is 266 g/mol. The van der Waals surface area contributed by atoms with Gasteiger partial charge in [0.05, 0.1) is 6.61 Å². The molecule has 0 atom stereocenters. The Morgan fingerprint density at radius 1 is 1.53 bits per heavy atom. The molecule has 19 heavy (non-hydrogen) atoms. The summed E-state index contributed by atoms with van der Waals surface area (Å²) in [5.41, 5.74) is -0.190. The van der Waals surface area contributed by atoms with E-state index in [0.717, 1.165) is 12.8 Å². The van der Waals surface area contributed by atoms with Crippen LogP contribution < -0.4 is 5.56 Å². The first-order valence-corrected chi connectivity index (χ1v) is 6.76. The summed E-state index contributed by atoms with van der Waals surface area (Å²) in [5, 5.41) is 0. The molecule has 1 fully saturated rings. The van der Waals surface area contributed by atoms with Crippen LogP contribution in [0.5, 0.6) is 0 Å². The zero-order valence-electron chi connectivity index (χ0n) is 10.8. The molecule has 2 rings (SSSR count). The minimum absolute atomic E-state index is 0.190. The van der Waals surface area contributed by atoms with Crippen molar-refractivity contribution in [3.8, 4) is 0 Å². The number of rotatable bonds is 2. The fourth-order valence-corrected chi connectivity index (χ4v) is 2.57. The second-order valence-electron chi connectivity index (χ2n) is 4.43. The number of carbonyl (C=O) groups excluding carboxylic acids is 1. The number of carbonyl (C=O) groups is 1. The lowest BCUT2D eigenvalue weighted by Crippen LogP contribution is -2.39. The number of aromatic amines is 1. The Balaban J connectivity index is 2.02. The van der Waals surface area contributed by atoms with Gasteiger partial charge in [-0.3, -0.25) is 9.78 Å². The molecule has 1 aliphatic rings. The minimum Gasteiger partial charge on any atom is -0.450 e. The molecule has 0 spiro atoms. The number of nitrogens with one attached hydrogen (secondary N) is 1. The lowest BCUT2D eigenvalue weighted by molar-refractivity contribution is 0.0924. The Bertz CT molecular complexity index is 558. The number of piperidine rings is 1. The molecule has 0 aliphatic carbocycles. The third kappa shape index (κ3) is 3.23. The lowest BCUT2D eigenvalue weighted by atomic mass is 10.1. The highest BCUT2D eigenvalue weighted by atomic mass is 32.1. The van der Waals surface area contributed by atoms with E-state index >= 15 is 0 Å². The summed E-state index contributed by atoms with van der Waals surface area (Å²) in [7, 11) is 0. The molecule has 0 radical (unpaired) electrons. The van der Waals surface area contributed by atoms with E-state index in [0.29, 0.717) is 24.5 Å². The molecule has 7 heteroatoms. The zero-order valence-corrected chi connectivity index (χ0v) is 11.6. The second kappa shape index (κ2) is 6.01. The molecule has 1 amide bonds. The first kappa shape index (κ1) is 13.8. The van der Waals surface area contributed by atoms with E-state index in [1.54, 1.807) is 18.0 Å². The molecule has 1 aromatic heterocycles. The first-order chi connectivity index (χ1) is 9.11. The van der Waals surface area contributed by atoms with Gasteiger partial charge >= 0.3 is 6.09 Å². The van der Waals surface area contributed by atoms with Gasteiger partial charge in [-0.05, 0) is 32.0 Å². The number of likely N-dealkylation sites (tertiary alicyclic amines) is 1. The highest BCUT2D eigenvalue weighted by Gasteiger charge is 2.24. The van der Waals surface area contributed by atoms with Gasteiger partial charge in [0.15, 0.2) is 4.77 Å². The van der Waals surface area contributed by atoms with Crippen LogP contribution in [0.1, 0.15) is 25.8 Å². The van der Waals surface area contributed by atoms with Crippen molar-refractivity contribution in [3.05, 3.63) is 27.4 Å². The summed E-state index contributed by atoms with van der Waals surface area (Å²) in [6.45, 7) is 3.48. The maximum Gasteiger partial charge on any atom is 0.409 e. The van der Waals surface area contributed by atoms with Crippen LogP contribution in [0.4, 0.5) is 4.79 Å². The van der Waals surface area contributed by atoms with Gasteiger partial charge in [0.25, 0.3) is 5.56 Å². The van der Waals surface area contributed by atoms with Crippen LogP contribution in [0.15, 0.2) is 17.1 Å². The number of ether oxygens (including phenoxy) is 1. The van der Waals surface area contributed by atoms with Crippen molar-refractivity contribution in [3.63, 3.8) is 0 Å². The van der Waals surface area contributed by atoms with Crippen LogP contribution in [-0.4, -0.2) is 40.2 Å². The van der Waals surface area contributed by atoms with Crippen LogP contribution in [0, 0.1) is 4.77 Å². The van der Waals surface area contributed by atoms with Gasteiger partial charge in [-0.25, -0.2) is 4.79 Å². The molecule has 1 aliphatic heterocycles. The van der Waals surface area contributed by atoms with Crippen LogP contribution in [0.3, 0.4) is 0 Å². The molecule has 2 heterocycles. The van der Waals surface area contributed by atoms with Gasteiger partial charge < -0.3 is 14.2 Å². The van der Waals surface area contributed by atoms with Gasteiger partial charge in [-0.1, -0.05) is 0 Å². The number of H-pyrrole nitrogens is 1. The number of nitrogens with zero attached hydrogens (tertiary/aromatic N) is 2. The van der Waals surface area contributed by atoms with Gasteiger partial charge in [0.2, 0.25) is 0 Å². The van der Waals surface area contributed by atoms with Crippen molar-refractivity contribution in [2.45, 2.75) is 25.8 Å². The lowest BCUT2D eigenvalue weighted by Gasteiger charge is -2.32. The third-order valence-electron chi connectivity index (χ3n) is 3.24. The highest BCUT2D eigenvalue weighted by Crippen LogP contribution is 2.22. The van der Waals surface area contributed by atoms with Crippen LogP contribution in [0.2, 0.25) is 0 Å². The van der Waals surface area contributed by atoms with Crippen LogP contribution >= 0.6 is 12.2 Å². The number of aromatic nitrogens is 2. The van der Waals surface area contributed by atoms with E-state index in [1.165, 1.54) is 6.07 Å². The quantitative estimate of drug-likeness (QED) is 0.839. The standard InChI is InChI=1S/C12H17N3O3S/c1-2-18-12(17)14-6-3-9(4-7-14)15-8-5-10(16)13-11(15)19/h5,8-9H,2-4,6-7H2,1H3,(H,13,16,19). The average Bonchev–Trinajstić information content (AvgIpc) is 2.39. The SMILES string of the molecule is CCOC(=O)N1CCC(n2ccc(=O)[nH]c2=S)CC1. The van der Waals surface area contributed by atoms with Crippen molar-refractivity contribution in [2.75, 3.05) is 19.7 Å². The minimum atomic E-state index is -0.258. The van der Waals surface area contributed by atoms with E-state index in [9.17, 15) is 9.59 Å². The van der Waals surface area contributed by atoms with Gasteiger partial charge in [0, 0.05) is 31.4 Å². The Morgan fingerprint density at radius 2 is 2.21 bits per heavy atom. The maximum atomic E-state index is 11.6. The Kier molecular flexibility index (Phi) is 4.36. The molecule has 6 nitrogen and oxygen atoms in total. The molecule has 104 valence electrons. The fourth-order valence-electron chi connectivity index (χ4n) is 2.26. The van der Waals surface area contributed by atoms with Crippen molar-refractivity contribution in [2.24, 2.45) is 0 Å². The number of hydrogen-bond donors (Lipinski definition) is 1. The smallest absolute Gasteiger partial charge is 0.409 e. The first-order valence-electron chi connectivity index (χ1n) is 6.35. The molecule has 0 saturated carbocycles.